The lowest BCUT2D eigenvalue weighted by atomic mass is 9.66. The van der Waals surface area contributed by atoms with Gasteiger partial charge in [-0.05, 0) is 94.3 Å². The van der Waals surface area contributed by atoms with Crippen molar-refractivity contribution in [3.63, 3.8) is 0 Å². The van der Waals surface area contributed by atoms with E-state index in [0.29, 0.717) is 18.2 Å². The quantitative estimate of drug-likeness (QED) is 0.0634. The summed E-state index contributed by atoms with van der Waals surface area (Å²) in [5.41, 5.74) is -33.3. The van der Waals surface area contributed by atoms with Crippen molar-refractivity contribution in [1.29, 1.82) is 0 Å². The number of alkyl halides is 24. The molecule has 0 heterocycles. The van der Waals surface area contributed by atoms with E-state index < -0.39 is 187 Å². The second kappa shape index (κ2) is 19.1. The van der Waals surface area contributed by atoms with E-state index in [4.69, 9.17) is 16.2 Å². The fourth-order valence-corrected chi connectivity index (χ4v) is 9.56. The fourth-order valence-electron chi connectivity index (χ4n) is 9.56. The molecular formula is C49H32F24N2O3. The summed E-state index contributed by atoms with van der Waals surface area (Å²) in [7, 11) is 0. The van der Waals surface area contributed by atoms with E-state index >= 15 is 79.0 Å². The van der Waals surface area contributed by atoms with Crippen molar-refractivity contribution in [1.82, 2.24) is 0 Å². The Balaban J connectivity index is 1.52. The van der Waals surface area contributed by atoms with E-state index in [-0.39, 0.29) is 66.7 Å². The summed E-state index contributed by atoms with van der Waals surface area (Å²) in [6.45, 7) is 1.32. The first-order valence-electron chi connectivity index (χ1n) is 21.5. The molecule has 6 rings (SSSR count). The Morgan fingerprint density at radius 2 is 0.705 bits per heavy atom. The average Bonchev–Trinajstić information content (AvgIpc) is 3.26. The lowest BCUT2D eigenvalue weighted by Gasteiger charge is -2.42. The Labute approximate surface area is 422 Å². The van der Waals surface area contributed by atoms with Gasteiger partial charge in [-0.1, -0.05) is 79.7 Å². The van der Waals surface area contributed by atoms with E-state index in [2.05, 4.69) is 0 Å². The molecule has 0 fully saturated rings. The molecule has 5 nitrogen and oxygen atoms in total. The molecule has 5 aromatic rings. The van der Waals surface area contributed by atoms with Gasteiger partial charge in [0, 0.05) is 11.1 Å². The van der Waals surface area contributed by atoms with Crippen molar-refractivity contribution in [3.05, 3.63) is 166 Å². The van der Waals surface area contributed by atoms with Gasteiger partial charge in [-0.25, -0.2) is 0 Å². The highest BCUT2D eigenvalue weighted by Crippen LogP contribution is 2.65. The van der Waals surface area contributed by atoms with Crippen LogP contribution in [0.2, 0.25) is 0 Å². The topological polar surface area (TPSA) is 102 Å². The zero-order chi connectivity index (χ0) is 59.2. The summed E-state index contributed by atoms with van der Waals surface area (Å²) in [6.07, 6.45) is -53.2. The van der Waals surface area contributed by atoms with Crippen molar-refractivity contribution in [3.8, 4) is 23.0 Å². The summed E-state index contributed by atoms with van der Waals surface area (Å²) >= 11 is 0. The molecule has 1 aliphatic carbocycles. The fraction of sp³-hybridized carbons (Fsp3) is 0.306. The molecule has 1 aliphatic rings. The molecule has 0 bridgehead atoms. The number of rotatable bonds is 10. The number of benzene rings is 5. The molecule has 78 heavy (non-hydrogen) atoms. The third kappa shape index (κ3) is 9.09. The van der Waals surface area contributed by atoms with Crippen LogP contribution < -0.4 is 16.2 Å². The Morgan fingerprint density at radius 3 is 1.00 bits per heavy atom. The molecule has 424 valence electrons. The highest BCUT2D eigenvalue weighted by molar-refractivity contribution is 5.68. The highest BCUT2D eigenvalue weighted by Gasteiger charge is 2.78. The second-order valence-electron chi connectivity index (χ2n) is 17.7. The largest absolute Gasteiger partial charge is 0.505 e. The van der Waals surface area contributed by atoms with Crippen LogP contribution in [0.4, 0.5) is 117 Å². The van der Waals surface area contributed by atoms with E-state index in [1.165, 1.54) is 6.92 Å². The number of allylic oxidation sites excluding steroid dienone is 4. The number of phenols is 2. The van der Waals surface area contributed by atoms with Crippen LogP contribution in [-0.2, 0) is 21.7 Å². The van der Waals surface area contributed by atoms with E-state index in [0.717, 1.165) is 12.1 Å². The molecule has 29 heteroatoms. The first-order valence-corrected chi connectivity index (χ1v) is 21.5. The minimum atomic E-state index is -6.81. The maximum absolute atomic E-state index is 15.3. The molecule has 1 unspecified atom stereocenters. The van der Waals surface area contributed by atoms with Gasteiger partial charge < -0.3 is 26.4 Å². The first kappa shape index (κ1) is 60.1. The lowest BCUT2D eigenvalue weighted by molar-refractivity contribution is -0.292. The van der Waals surface area contributed by atoms with E-state index in [9.17, 15) is 36.6 Å². The van der Waals surface area contributed by atoms with Crippen molar-refractivity contribution >= 4 is 11.4 Å². The minimum Gasteiger partial charge on any atom is -0.505 e. The zero-order valence-electron chi connectivity index (χ0n) is 38.4. The van der Waals surface area contributed by atoms with Crippen LogP contribution in [0.15, 0.2) is 127 Å². The third-order valence-corrected chi connectivity index (χ3v) is 13.1. The number of phenolic OH excluding ortho intramolecular Hbond substituents is 2. The molecule has 0 saturated carbocycles. The molecule has 1 atom stereocenters. The minimum absolute atomic E-state index is 0.107. The van der Waals surface area contributed by atoms with Crippen molar-refractivity contribution in [2.24, 2.45) is 5.92 Å². The average molecular weight is 1150 g/mol. The molecule has 0 spiro atoms. The molecule has 0 aliphatic heterocycles. The Bertz CT molecular complexity index is 3010. The summed E-state index contributed by atoms with van der Waals surface area (Å²) in [4.78, 5) is 0. The highest BCUT2D eigenvalue weighted by atomic mass is 19.4. The number of hydrogen-bond acceptors (Lipinski definition) is 5. The van der Waals surface area contributed by atoms with Gasteiger partial charge in [-0.15, -0.1) is 0 Å². The molecule has 6 N–H and O–H groups in total. The van der Waals surface area contributed by atoms with Gasteiger partial charge in [0.1, 0.15) is 23.0 Å². The van der Waals surface area contributed by atoms with Crippen LogP contribution in [0, 0.1) is 5.92 Å². The van der Waals surface area contributed by atoms with Crippen molar-refractivity contribution < 1.29 is 120 Å². The van der Waals surface area contributed by atoms with Crippen LogP contribution in [0.3, 0.4) is 0 Å². The summed E-state index contributed by atoms with van der Waals surface area (Å²) in [6, 6.07) is 0.258. The number of halogens is 24. The van der Waals surface area contributed by atoms with Crippen LogP contribution in [-0.4, -0.2) is 59.6 Å². The van der Waals surface area contributed by atoms with Gasteiger partial charge in [-0.3, -0.25) is 0 Å². The third-order valence-electron chi connectivity index (χ3n) is 13.1. The number of nitrogen functional groups attached to an aromatic ring is 2. The summed E-state index contributed by atoms with van der Waals surface area (Å²) in [5, 5.41) is 21.3. The molecule has 5 aromatic carbocycles. The standard InChI is InChI=1S/C49H32F24N2O3/c1-23-7-9-27(10-8-23)41(48(68,69)70,49(71,72)73)33-20-29(22-35(75)37(33)77)39(44(56,57)58,45(59,60)61)26-13-17-31(18-14-26)78-30-15-11-25(12-16-30)38(42(50,51)52,43(53,54)55)28-19-32(36(76)34(74)21-28)40(46(62,63)64,47(65,66)67)24-5-3-2-4-6-24/h2-7,9-23,76-77H,8,74-75H2,1H3. The van der Waals surface area contributed by atoms with Gasteiger partial charge in [0.25, 0.3) is 0 Å². The van der Waals surface area contributed by atoms with Gasteiger partial charge in [-0.2, -0.15) is 105 Å². The van der Waals surface area contributed by atoms with Gasteiger partial charge >= 0.3 is 49.4 Å². The van der Waals surface area contributed by atoms with Crippen LogP contribution in [0.25, 0.3) is 0 Å². The van der Waals surface area contributed by atoms with Crippen LogP contribution in [0.5, 0.6) is 23.0 Å². The summed E-state index contributed by atoms with van der Waals surface area (Å²) < 4.78 is 369. The van der Waals surface area contributed by atoms with Gasteiger partial charge in [0.05, 0.1) is 11.4 Å². The van der Waals surface area contributed by atoms with E-state index in [1.54, 1.807) is 0 Å². The number of hydrogen-bond donors (Lipinski definition) is 4. The lowest BCUT2D eigenvalue weighted by Crippen LogP contribution is -2.57. The maximum Gasteiger partial charge on any atom is 0.411 e. The number of ether oxygens (including phenoxy) is 1. The van der Waals surface area contributed by atoms with E-state index in [1.807, 2.05) is 0 Å². The SMILES string of the molecule is CC1C=CC(C(c2cc(C(c3ccc(Oc4ccc(C(c5cc(N)c(O)c(C(c6ccccc6)(C(F)(F)F)C(F)(F)F)c5)(C(F)(F)F)C(F)(F)F)cc4)cc3)(C(F)(F)F)C(F)(F)F)cc(N)c2O)(C(F)(F)F)C(F)(F)F)=CC1. The number of anilines is 2. The zero-order valence-corrected chi connectivity index (χ0v) is 38.4. The van der Waals surface area contributed by atoms with Gasteiger partial charge in [0.2, 0.25) is 21.7 Å². The van der Waals surface area contributed by atoms with Crippen molar-refractivity contribution in [2.75, 3.05) is 11.5 Å². The monoisotopic (exact) mass is 1150 g/mol. The molecule has 0 aromatic heterocycles. The van der Waals surface area contributed by atoms with Crippen LogP contribution >= 0.6 is 0 Å². The Kier molecular flexibility index (Phi) is 14.7. The normalized spacial score (nSPS) is 16.1. The predicted molar refractivity (Wildman–Crippen MR) is 228 cm³/mol. The maximum atomic E-state index is 15.3. The molecular weight excluding hydrogens is 1120 g/mol. The van der Waals surface area contributed by atoms with Crippen molar-refractivity contribution in [2.45, 2.75) is 84.4 Å². The summed E-state index contributed by atoms with van der Waals surface area (Å²) in [5.74, 6) is -7.11. The first-order chi connectivity index (χ1) is 35.3. The second-order valence-corrected chi connectivity index (χ2v) is 17.7. The van der Waals surface area contributed by atoms with Gasteiger partial charge in [0.15, 0.2) is 0 Å². The smallest absolute Gasteiger partial charge is 0.411 e. The predicted octanol–water partition coefficient (Wildman–Crippen LogP) is 16.2. The Hall–Kier alpha value is -7.10. The number of nitrogens with two attached hydrogens (primary N) is 2. The number of aromatic hydroxyl groups is 2. The molecule has 0 saturated heterocycles. The molecule has 0 amide bonds. The van der Waals surface area contributed by atoms with Crippen LogP contribution in [0.1, 0.15) is 52.3 Å². The molecule has 0 radical (unpaired) electrons. The Morgan fingerprint density at radius 1 is 0.397 bits per heavy atom.